The summed E-state index contributed by atoms with van der Waals surface area (Å²) in [6.45, 7) is 3.71. The van der Waals surface area contributed by atoms with Crippen LogP contribution in [-0.2, 0) is 4.74 Å². The smallest absolute Gasteiger partial charge is 0.407 e. The largest absolute Gasteiger partial charge is 0.447 e. The highest BCUT2D eigenvalue weighted by Gasteiger charge is 2.26. The van der Waals surface area contributed by atoms with Crippen LogP contribution in [0, 0.1) is 0 Å². The van der Waals surface area contributed by atoms with Gasteiger partial charge in [0.05, 0.1) is 16.0 Å². The number of amides is 1. The minimum atomic E-state index is -0.312. The molecule has 7 heteroatoms. The number of anilines is 1. The van der Waals surface area contributed by atoms with Crippen LogP contribution in [0.15, 0.2) is 28.9 Å². The number of benzene rings is 1. The summed E-state index contributed by atoms with van der Waals surface area (Å²) >= 11 is 5.33. The number of aromatic nitrogens is 1. The van der Waals surface area contributed by atoms with E-state index >= 15 is 0 Å². The number of hydrogen-bond donors (Lipinski definition) is 2. The number of alkyl carbamates (subject to hydrolysis) is 1. The molecule has 1 heterocycles. The highest BCUT2D eigenvalue weighted by molar-refractivity contribution is 9.10. The van der Waals surface area contributed by atoms with Gasteiger partial charge < -0.3 is 15.8 Å². The highest BCUT2D eigenvalue weighted by Crippen LogP contribution is 2.39. The molecule has 1 aliphatic rings. The van der Waals surface area contributed by atoms with Gasteiger partial charge in [0.25, 0.3) is 0 Å². The lowest BCUT2D eigenvalue weighted by molar-refractivity contribution is 0.109. The van der Waals surface area contributed by atoms with Crippen molar-refractivity contribution in [2.75, 3.05) is 5.73 Å². The maximum Gasteiger partial charge on any atom is 0.407 e. The first-order valence-corrected chi connectivity index (χ1v) is 10.5. The van der Waals surface area contributed by atoms with E-state index in [-0.39, 0.29) is 18.2 Å². The number of nitrogens with one attached hydrogen (secondary N) is 1. The van der Waals surface area contributed by atoms with E-state index in [4.69, 9.17) is 10.5 Å². The second-order valence-electron chi connectivity index (χ2n) is 6.95. The molecule has 1 saturated carbocycles. The summed E-state index contributed by atoms with van der Waals surface area (Å²) < 4.78 is 6.15. The number of carbonyl (C=O) groups is 1. The average molecular weight is 438 g/mol. The quantitative estimate of drug-likeness (QED) is 0.634. The van der Waals surface area contributed by atoms with Gasteiger partial charge in [-0.05, 0) is 51.7 Å². The van der Waals surface area contributed by atoms with Crippen LogP contribution in [0.4, 0.5) is 10.5 Å². The molecule has 1 aromatic carbocycles. The van der Waals surface area contributed by atoms with Crippen molar-refractivity contribution in [1.29, 1.82) is 0 Å². The third kappa shape index (κ3) is 4.76. The summed E-state index contributed by atoms with van der Waals surface area (Å²) in [6, 6.07) is 6.05. The van der Waals surface area contributed by atoms with Crippen molar-refractivity contribution in [3.05, 3.63) is 33.9 Å². The monoisotopic (exact) mass is 437 g/mol. The third-order valence-corrected chi connectivity index (χ3v) is 6.37. The molecule has 1 aromatic heterocycles. The predicted molar refractivity (Wildman–Crippen MR) is 109 cm³/mol. The fourth-order valence-corrected chi connectivity index (χ4v) is 5.10. The molecule has 26 heavy (non-hydrogen) atoms. The first-order valence-electron chi connectivity index (χ1n) is 8.90. The molecule has 3 rings (SSSR count). The molecule has 1 amide bonds. The van der Waals surface area contributed by atoms with Gasteiger partial charge in [0.15, 0.2) is 0 Å². The Hall–Kier alpha value is -1.60. The number of hydrogen-bond acceptors (Lipinski definition) is 5. The summed E-state index contributed by atoms with van der Waals surface area (Å²) in [5.74, 6) is 0.459. The van der Waals surface area contributed by atoms with Crippen LogP contribution < -0.4 is 11.1 Å². The fourth-order valence-electron chi connectivity index (χ4n) is 3.23. The Kier molecular flexibility index (Phi) is 6.19. The van der Waals surface area contributed by atoms with Crippen LogP contribution in [0.2, 0.25) is 0 Å². The zero-order valence-corrected chi connectivity index (χ0v) is 17.4. The first kappa shape index (κ1) is 19.2. The number of nitrogen functional groups attached to an aromatic ring is 1. The van der Waals surface area contributed by atoms with Gasteiger partial charge in [-0.3, -0.25) is 0 Å². The molecule has 2 aromatic rings. The van der Waals surface area contributed by atoms with E-state index in [0.29, 0.717) is 5.92 Å². The third-order valence-electron chi connectivity index (χ3n) is 4.52. The van der Waals surface area contributed by atoms with Gasteiger partial charge >= 0.3 is 6.09 Å². The molecule has 1 fully saturated rings. The van der Waals surface area contributed by atoms with E-state index in [9.17, 15) is 4.79 Å². The summed E-state index contributed by atoms with van der Waals surface area (Å²) in [7, 11) is 0. The molecular formula is C19H24BrN3O2S. The molecule has 0 saturated heterocycles. The maximum absolute atomic E-state index is 11.7. The number of nitrogens with zero attached hydrogens (tertiary/aromatic N) is 1. The topological polar surface area (TPSA) is 77.2 Å². The molecule has 0 bridgehead atoms. The molecule has 0 unspecified atom stereocenters. The second kappa shape index (κ2) is 8.39. The van der Waals surface area contributed by atoms with E-state index in [1.807, 2.05) is 38.2 Å². The molecule has 5 nitrogen and oxygen atoms in total. The lowest BCUT2D eigenvalue weighted by Crippen LogP contribution is -2.38. The Bertz CT molecular complexity index is 770. The van der Waals surface area contributed by atoms with Crippen LogP contribution in [0.5, 0.6) is 0 Å². The fraction of sp³-hybridized carbons (Fsp3) is 0.474. The standard InChI is InChI=1S/C19H24BrN3O2S/c1-11(2)25-19(24)23-14-6-3-12(4-7-14)18-22-10-17(26-18)15-8-5-13(21)9-16(15)20/h5,8-12,14H,3-4,6-7,21H2,1-2H3,(H,23,24). The van der Waals surface area contributed by atoms with Crippen molar-refractivity contribution >= 4 is 39.0 Å². The Morgan fingerprint density at radius 2 is 2.08 bits per heavy atom. The lowest BCUT2D eigenvalue weighted by Gasteiger charge is -2.28. The van der Waals surface area contributed by atoms with Crippen molar-refractivity contribution < 1.29 is 9.53 Å². The van der Waals surface area contributed by atoms with Crippen LogP contribution in [-0.4, -0.2) is 23.2 Å². The van der Waals surface area contributed by atoms with Crippen LogP contribution in [0.1, 0.15) is 50.5 Å². The van der Waals surface area contributed by atoms with E-state index < -0.39 is 0 Å². The second-order valence-corrected chi connectivity index (χ2v) is 8.87. The van der Waals surface area contributed by atoms with Crippen LogP contribution >= 0.6 is 27.3 Å². The minimum absolute atomic E-state index is 0.0901. The maximum atomic E-state index is 11.7. The van der Waals surface area contributed by atoms with E-state index in [2.05, 4.69) is 26.2 Å². The molecule has 3 N–H and O–H groups in total. The number of ether oxygens (including phenoxy) is 1. The van der Waals surface area contributed by atoms with Crippen molar-refractivity contribution in [3.63, 3.8) is 0 Å². The van der Waals surface area contributed by atoms with Gasteiger partial charge in [-0.2, -0.15) is 0 Å². The van der Waals surface area contributed by atoms with Gasteiger partial charge in [0.1, 0.15) is 0 Å². The molecule has 140 valence electrons. The Balaban J connectivity index is 1.59. The van der Waals surface area contributed by atoms with Gasteiger partial charge in [-0.25, -0.2) is 9.78 Å². The number of carbonyl (C=O) groups excluding carboxylic acids is 1. The van der Waals surface area contributed by atoms with Gasteiger partial charge in [-0.1, -0.05) is 22.0 Å². The average Bonchev–Trinajstić information content (AvgIpc) is 3.04. The van der Waals surface area contributed by atoms with Crippen molar-refractivity contribution in [1.82, 2.24) is 10.3 Å². The van der Waals surface area contributed by atoms with Crippen molar-refractivity contribution in [2.24, 2.45) is 0 Å². The molecule has 1 aliphatic carbocycles. The zero-order valence-electron chi connectivity index (χ0n) is 15.0. The number of rotatable bonds is 4. The molecule has 0 atom stereocenters. The van der Waals surface area contributed by atoms with Crippen LogP contribution in [0.3, 0.4) is 0 Å². The lowest BCUT2D eigenvalue weighted by atomic mass is 9.86. The summed E-state index contributed by atoms with van der Waals surface area (Å²) in [4.78, 5) is 17.5. The number of halogens is 1. The molecular weight excluding hydrogens is 414 g/mol. The number of thiazole rings is 1. The predicted octanol–water partition coefficient (Wildman–Crippen LogP) is 5.32. The van der Waals surface area contributed by atoms with Crippen LogP contribution in [0.25, 0.3) is 10.4 Å². The van der Waals surface area contributed by atoms with Crippen molar-refractivity contribution in [2.45, 2.75) is 57.6 Å². The van der Waals surface area contributed by atoms with Crippen molar-refractivity contribution in [3.8, 4) is 10.4 Å². The van der Waals surface area contributed by atoms with E-state index in [1.54, 1.807) is 11.3 Å². The van der Waals surface area contributed by atoms with Gasteiger partial charge in [-0.15, -0.1) is 11.3 Å². The Labute approximate surface area is 166 Å². The Morgan fingerprint density at radius 1 is 1.35 bits per heavy atom. The summed E-state index contributed by atoms with van der Waals surface area (Å²) in [6.07, 6.45) is 5.52. The minimum Gasteiger partial charge on any atom is -0.447 e. The summed E-state index contributed by atoms with van der Waals surface area (Å²) in [5.41, 5.74) is 7.68. The normalized spacial score (nSPS) is 20.2. The van der Waals surface area contributed by atoms with Gasteiger partial charge in [0, 0.05) is 33.9 Å². The molecule has 0 spiro atoms. The Morgan fingerprint density at radius 3 is 2.73 bits per heavy atom. The number of nitrogens with two attached hydrogens (primary N) is 1. The highest BCUT2D eigenvalue weighted by atomic mass is 79.9. The molecule has 0 radical (unpaired) electrons. The first-order chi connectivity index (χ1) is 12.4. The molecule has 0 aliphatic heterocycles. The van der Waals surface area contributed by atoms with E-state index in [0.717, 1.165) is 46.3 Å². The van der Waals surface area contributed by atoms with E-state index in [1.165, 1.54) is 5.01 Å². The zero-order chi connectivity index (χ0) is 18.7. The SMILES string of the molecule is CC(C)OC(=O)NC1CCC(c2ncc(-c3ccc(N)cc3Br)s2)CC1. The van der Waals surface area contributed by atoms with Gasteiger partial charge in [0.2, 0.25) is 0 Å². The summed E-state index contributed by atoms with van der Waals surface area (Å²) in [5, 5.41) is 4.14.